The number of aryl methyl sites for hydroxylation is 1. The van der Waals surface area contributed by atoms with Gasteiger partial charge >= 0.3 is 0 Å². The zero-order chi connectivity index (χ0) is 20.6. The first-order valence-electron chi connectivity index (χ1n) is 10.1. The number of thiophene rings is 1. The van der Waals surface area contributed by atoms with Crippen molar-refractivity contribution in [3.8, 4) is 10.8 Å². The Bertz CT molecular complexity index is 890. The van der Waals surface area contributed by atoms with Crippen molar-refractivity contribution in [1.29, 1.82) is 0 Å². The van der Waals surface area contributed by atoms with Gasteiger partial charge in [-0.05, 0) is 48.9 Å². The quantitative estimate of drug-likeness (QED) is 0.533. The molecule has 6 nitrogen and oxygen atoms in total. The number of aromatic nitrogens is 2. The lowest BCUT2D eigenvalue weighted by molar-refractivity contribution is -0.123. The molecule has 0 aliphatic carbocycles. The molecule has 29 heavy (non-hydrogen) atoms. The van der Waals surface area contributed by atoms with Crippen molar-refractivity contribution in [3.63, 3.8) is 0 Å². The Balaban J connectivity index is 1.57. The van der Waals surface area contributed by atoms with Crippen LogP contribution in [0.1, 0.15) is 50.3 Å². The molecule has 0 aliphatic heterocycles. The highest BCUT2D eigenvalue weighted by Crippen LogP contribution is 2.23. The first-order chi connectivity index (χ1) is 14.1. The summed E-state index contributed by atoms with van der Waals surface area (Å²) in [5.74, 6) is 1.04. The summed E-state index contributed by atoms with van der Waals surface area (Å²) in [5, 5.41) is 13.3. The van der Waals surface area contributed by atoms with Gasteiger partial charge in [-0.3, -0.25) is 9.69 Å². The number of hydrogen-bond acceptors (Lipinski definition) is 6. The number of nitrogens with one attached hydrogen (secondary N) is 1. The third-order valence-corrected chi connectivity index (χ3v) is 5.59. The van der Waals surface area contributed by atoms with E-state index in [9.17, 15) is 4.79 Å². The predicted molar refractivity (Wildman–Crippen MR) is 116 cm³/mol. The largest absolute Gasteiger partial charge is 0.419 e. The summed E-state index contributed by atoms with van der Waals surface area (Å²) in [6.45, 7) is 7.77. The SMILES string of the molecule is CCCN(CC(=O)NC(C)c1ccc(CC)cc1)Cc1nnc(-c2cccs2)o1. The number of nitrogens with zero attached hydrogens (tertiary/aromatic N) is 3. The van der Waals surface area contributed by atoms with E-state index in [1.807, 2.05) is 29.3 Å². The number of hydrogen-bond donors (Lipinski definition) is 1. The van der Waals surface area contributed by atoms with E-state index in [1.165, 1.54) is 5.56 Å². The van der Waals surface area contributed by atoms with Crippen molar-refractivity contribution in [2.24, 2.45) is 0 Å². The van der Waals surface area contributed by atoms with Crippen molar-refractivity contribution in [1.82, 2.24) is 20.4 Å². The van der Waals surface area contributed by atoms with Gasteiger partial charge in [-0.1, -0.05) is 44.2 Å². The molecule has 1 unspecified atom stereocenters. The van der Waals surface area contributed by atoms with Crippen molar-refractivity contribution in [2.75, 3.05) is 13.1 Å². The zero-order valence-electron chi connectivity index (χ0n) is 17.2. The molecule has 0 aliphatic rings. The Kier molecular flexibility index (Phi) is 7.55. The van der Waals surface area contributed by atoms with E-state index in [1.54, 1.807) is 11.3 Å². The van der Waals surface area contributed by atoms with E-state index in [-0.39, 0.29) is 11.9 Å². The summed E-state index contributed by atoms with van der Waals surface area (Å²) in [7, 11) is 0. The van der Waals surface area contributed by atoms with Crippen LogP contribution in [0.25, 0.3) is 10.8 Å². The fourth-order valence-corrected chi connectivity index (χ4v) is 3.80. The van der Waals surface area contributed by atoms with Crippen LogP contribution in [0.2, 0.25) is 0 Å². The van der Waals surface area contributed by atoms with Gasteiger partial charge in [-0.15, -0.1) is 21.5 Å². The van der Waals surface area contributed by atoms with Crippen LogP contribution in [-0.2, 0) is 17.8 Å². The topological polar surface area (TPSA) is 71.3 Å². The molecule has 2 aromatic heterocycles. The maximum absolute atomic E-state index is 12.6. The van der Waals surface area contributed by atoms with E-state index < -0.39 is 0 Å². The fraction of sp³-hybridized carbons (Fsp3) is 0.409. The summed E-state index contributed by atoms with van der Waals surface area (Å²) in [5.41, 5.74) is 2.40. The summed E-state index contributed by atoms with van der Waals surface area (Å²) in [6, 6.07) is 12.3. The summed E-state index contributed by atoms with van der Waals surface area (Å²) in [4.78, 5) is 15.6. The molecular formula is C22H28N4O2S. The smallest absolute Gasteiger partial charge is 0.257 e. The second kappa shape index (κ2) is 10.3. The number of carbonyl (C=O) groups excluding carboxylic acids is 1. The molecule has 1 atom stereocenters. The minimum atomic E-state index is -0.0364. The molecule has 1 N–H and O–H groups in total. The summed E-state index contributed by atoms with van der Waals surface area (Å²) in [6.07, 6.45) is 1.95. The molecule has 3 aromatic rings. The lowest BCUT2D eigenvalue weighted by Crippen LogP contribution is -2.38. The van der Waals surface area contributed by atoms with Crippen LogP contribution in [0.3, 0.4) is 0 Å². The molecule has 0 bridgehead atoms. The number of amides is 1. The van der Waals surface area contributed by atoms with Crippen molar-refractivity contribution < 1.29 is 9.21 Å². The van der Waals surface area contributed by atoms with Gasteiger partial charge in [0.15, 0.2) is 0 Å². The molecule has 3 rings (SSSR count). The van der Waals surface area contributed by atoms with Crippen LogP contribution in [0, 0.1) is 0 Å². The highest BCUT2D eigenvalue weighted by Gasteiger charge is 2.17. The number of rotatable bonds is 10. The molecule has 1 amide bonds. The third kappa shape index (κ3) is 5.98. The van der Waals surface area contributed by atoms with Gasteiger partial charge in [-0.2, -0.15) is 0 Å². The van der Waals surface area contributed by atoms with Crippen LogP contribution in [0.5, 0.6) is 0 Å². The molecule has 1 aromatic carbocycles. The monoisotopic (exact) mass is 412 g/mol. The highest BCUT2D eigenvalue weighted by atomic mass is 32.1. The van der Waals surface area contributed by atoms with Crippen LogP contribution in [-0.4, -0.2) is 34.1 Å². The number of benzene rings is 1. The van der Waals surface area contributed by atoms with Gasteiger partial charge in [0.1, 0.15) is 0 Å². The Morgan fingerprint density at radius 2 is 2.00 bits per heavy atom. The van der Waals surface area contributed by atoms with E-state index in [0.29, 0.717) is 24.9 Å². The Hall–Kier alpha value is -2.51. The fourth-order valence-electron chi connectivity index (χ4n) is 3.15. The minimum absolute atomic E-state index is 0.0106. The highest BCUT2D eigenvalue weighted by molar-refractivity contribution is 7.13. The van der Waals surface area contributed by atoms with Crippen LogP contribution in [0.15, 0.2) is 46.2 Å². The van der Waals surface area contributed by atoms with Gasteiger partial charge in [0.05, 0.1) is 24.0 Å². The van der Waals surface area contributed by atoms with Crippen LogP contribution in [0.4, 0.5) is 0 Å². The maximum atomic E-state index is 12.6. The van der Waals surface area contributed by atoms with Crippen molar-refractivity contribution >= 4 is 17.2 Å². The standard InChI is InChI=1S/C22H28N4O2S/c1-4-12-26(15-21-24-25-22(28-21)19-7-6-13-29-19)14-20(27)23-16(3)18-10-8-17(5-2)9-11-18/h6-11,13,16H,4-5,12,14-15H2,1-3H3,(H,23,27). The molecule has 0 fully saturated rings. The molecule has 0 spiro atoms. The molecule has 0 radical (unpaired) electrons. The maximum Gasteiger partial charge on any atom is 0.257 e. The predicted octanol–water partition coefficient (Wildman–Crippen LogP) is 4.45. The first kappa shape index (κ1) is 21.2. The molecular weight excluding hydrogens is 384 g/mol. The minimum Gasteiger partial charge on any atom is -0.419 e. The second-order valence-electron chi connectivity index (χ2n) is 7.07. The van der Waals surface area contributed by atoms with E-state index in [0.717, 1.165) is 29.8 Å². The summed E-state index contributed by atoms with van der Waals surface area (Å²) >= 11 is 1.56. The van der Waals surface area contributed by atoms with Crippen LogP contribution < -0.4 is 5.32 Å². The molecule has 154 valence electrons. The van der Waals surface area contributed by atoms with Gasteiger partial charge in [0, 0.05) is 0 Å². The van der Waals surface area contributed by atoms with Gasteiger partial charge in [0.2, 0.25) is 11.8 Å². The van der Waals surface area contributed by atoms with Crippen molar-refractivity contribution in [3.05, 3.63) is 58.8 Å². The van der Waals surface area contributed by atoms with E-state index in [2.05, 4.69) is 53.6 Å². The van der Waals surface area contributed by atoms with Crippen LogP contribution >= 0.6 is 11.3 Å². The van der Waals surface area contributed by atoms with Gasteiger partial charge in [-0.25, -0.2) is 0 Å². The normalized spacial score (nSPS) is 12.3. The molecule has 0 saturated carbocycles. The third-order valence-electron chi connectivity index (χ3n) is 4.73. The second-order valence-corrected chi connectivity index (χ2v) is 8.02. The first-order valence-corrected chi connectivity index (χ1v) is 10.9. The lowest BCUT2D eigenvalue weighted by atomic mass is 10.1. The Morgan fingerprint density at radius 3 is 2.66 bits per heavy atom. The van der Waals surface area contributed by atoms with Gasteiger partial charge in [0.25, 0.3) is 5.89 Å². The van der Waals surface area contributed by atoms with Gasteiger partial charge < -0.3 is 9.73 Å². The number of carbonyl (C=O) groups is 1. The lowest BCUT2D eigenvalue weighted by Gasteiger charge is -2.21. The Morgan fingerprint density at radius 1 is 1.21 bits per heavy atom. The Labute approximate surface area is 176 Å². The summed E-state index contributed by atoms with van der Waals surface area (Å²) < 4.78 is 5.77. The molecule has 7 heteroatoms. The molecule has 0 saturated heterocycles. The van der Waals surface area contributed by atoms with E-state index >= 15 is 0 Å². The van der Waals surface area contributed by atoms with E-state index in [4.69, 9.17) is 4.42 Å². The molecule has 2 heterocycles. The average molecular weight is 413 g/mol. The van der Waals surface area contributed by atoms with Crippen molar-refractivity contribution in [2.45, 2.75) is 46.2 Å². The average Bonchev–Trinajstić information content (AvgIpc) is 3.40. The zero-order valence-corrected chi connectivity index (χ0v) is 18.0.